The van der Waals surface area contributed by atoms with Gasteiger partial charge < -0.3 is 0 Å². The van der Waals surface area contributed by atoms with Crippen LogP contribution in [0.5, 0.6) is 0 Å². The Balaban J connectivity index is 1.62. The minimum atomic E-state index is -3.72. The highest BCUT2D eigenvalue weighted by molar-refractivity contribution is 7.89. The predicted octanol–water partition coefficient (Wildman–Crippen LogP) is 2.32. The van der Waals surface area contributed by atoms with Crippen molar-refractivity contribution in [1.29, 1.82) is 0 Å². The quantitative estimate of drug-likeness (QED) is 0.649. The Hall–Kier alpha value is -2.25. The van der Waals surface area contributed by atoms with E-state index < -0.39 is 10.0 Å². The van der Waals surface area contributed by atoms with Crippen molar-refractivity contribution in [2.75, 3.05) is 5.43 Å². The van der Waals surface area contributed by atoms with E-state index in [1.807, 2.05) is 25.1 Å². The van der Waals surface area contributed by atoms with Crippen LogP contribution in [-0.4, -0.2) is 19.1 Å². The van der Waals surface area contributed by atoms with Gasteiger partial charge in [0.25, 0.3) is 0 Å². The van der Waals surface area contributed by atoms with Gasteiger partial charge in [-0.1, -0.05) is 30.3 Å². The van der Waals surface area contributed by atoms with Crippen molar-refractivity contribution < 1.29 is 8.42 Å². The average Bonchev–Trinajstić information content (AvgIpc) is 3.34. The van der Waals surface area contributed by atoms with Crippen molar-refractivity contribution in [2.45, 2.75) is 24.2 Å². The van der Waals surface area contributed by atoms with Gasteiger partial charge in [-0.2, -0.15) is 5.10 Å². The normalized spacial score (nSPS) is 21.0. The summed E-state index contributed by atoms with van der Waals surface area (Å²) in [6.45, 7) is 1.99. The molecule has 2 atom stereocenters. The number of anilines is 1. The summed E-state index contributed by atoms with van der Waals surface area (Å²) in [6, 6.07) is 13.3. The zero-order valence-corrected chi connectivity index (χ0v) is 13.5. The number of hydrazone groups is 1. The van der Waals surface area contributed by atoms with Crippen molar-refractivity contribution in [3.63, 3.8) is 0 Å². The maximum atomic E-state index is 11.2. The summed E-state index contributed by atoms with van der Waals surface area (Å²) in [5.74, 6) is 1.45. The number of primary sulfonamides is 1. The number of nitrogens with two attached hydrogens (primary N) is 1. The Morgan fingerprint density at radius 2 is 2.00 bits per heavy atom. The second kappa shape index (κ2) is 6.10. The molecule has 0 bridgehead atoms. The fraction of sp³-hybridized carbons (Fsp3) is 0.250. The van der Waals surface area contributed by atoms with E-state index in [0.29, 0.717) is 17.7 Å². The summed E-state index contributed by atoms with van der Waals surface area (Å²) in [5.41, 5.74) is 5.20. The molecule has 6 nitrogen and oxygen atoms in total. The molecule has 1 aromatic carbocycles. The van der Waals surface area contributed by atoms with Crippen LogP contribution in [0.2, 0.25) is 0 Å². The van der Waals surface area contributed by atoms with Crippen LogP contribution in [0.25, 0.3) is 0 Å². The first-order valence-electron chi connectivity index (χ1n) is 7.29. The smallest absolute Gasteiger partial charge is 0.239 e. The first-order valence-corrected chi connectivity index (χ1v) is 8.84. The maximum absolute atomic E-state index is 11.2. The van der Waals surface area contributed by atoms with Crippen molar-refractivity contribution in [3.05, 3.63) is 54.2 Å². The molecule has 1 aromatic heterocycles. The molecule has 0 spiro atoms. The molecule has 1 saturated carbocycles. The SMILES string of the molecule is CC(=NNc1ccc(S(N)(=O)=O)cn1)C1CC1c1ccccc1. The van der Waals surface area contributed by atoms with Crippen molar-refractivity contribution in [2.24, 2.45) is 16.2 Å². The molecule has 3 N–H and O–H groups in total. The third kappa shape index (κ3) is 3.75. The average molecular weight is 330 g/mol. The molecule has 0 aliphatic heterocycles. The first-order chi connectivity index (χ1) is 10.9. The summed E-state index contributed by atoms with van der Waals surface area (Å²) < 4.78 is 22.3. The molecule has 1 aliphatic rings. The number of benzene rings is 1. The van der Waals surface area contributed by atoms with Gasteiger partial charge in [0.15, 0.2) is 0 Å². The number of sulfonamides is 1. The van der Waals surface area contributed by atoms with E-state index >= 15 is 0 Å². The molecule has 1 aliphatic carbocycles. The molecule has 0 amide bonds. The van der Waals surface area contributed by atoms with Crippen molar-refractivity contribution >= 4 is 21.6 Å². The van der Waals surface area contributed by atoms with E-state index in [1.165, 1.54) is 23.9 Å². The Labute approximate surface area is 135 Å². The van der Waals surface area contributed by atoms with Crippen LogP contribution in [0.4, 0.5) is 5.82 Å². The van der Waals surface area contributed by atoms with Gasteiger partial charge in [0.2, 0.25) is 10.0 Å². The first kappa shape index (κ1) is 15.6. The monoisotopic (exact) mass is 330 g/mol. The van der Waals surface area contributed by atoms with Crippen molar-refractivity contribution in [3.8, 4) is 0 Å². The fourth-order valence-electron chi connectivity index (χ4n) is 2.57. The lowest BCUT2D eigenvalue weighted by atomic mass is 10.1. The summed E-state index contributed by atoms with van der Waals surface area (Å²) in [5, 5.41) is 9.38. The van der Waals surface area contributed by atoms with Crippen LogP contribution >= 0.6 is 0 Å². The van der Waals surface area contributed by atoms with Gasteiger partial charge in [0.05, 0.1) is 0 Å². The highest BCUT2D eigenvalue weighted by atomic mass is 32.2. The molecule has 1 heterocycles. The van der Waals surface area contributed by atoms with E-state index in [1.54, 1.807) is 0 Å². The topological polar surface area (TPSA) is 97.4 Å². The number of pyridine rings is 1. The Morgan fingerprint density at radius 1 is 1.26 bits per heavy atom. The minimum Gasteiger partial charge on any atom is -0.261 e. The molecule has 1 fully saturated rings. The Morgan fingerprint density at radius 3 is 2.61 bits per heavy atom. The van der Waals surface area contributed by atoms with E-state index in [-0.39, 0.29) is 4.90 Å². The number of nitrogens with one attached hydrogen (secondary N) is 1. The van der Waals surface area contributed by atoms with Gasteiger partial charge in [-0.05, 0) is 37.0 Å². The lowest BCUT2D eigenvalue weighted by Crippen LogP contribution is -2.12. The van der Waals surface area contributed by atoms with Crippen LogP contribution in [0, 0.1) is 5.92 Å². The molecule has 3 rings (SSSR count). The summed E-state index contributed by atoms with van der Waals surface area (Å²) in [6.07, 6.45) is 2.31. The van der Waals surface area contributed by atoms with E-state index in [2.05, 4.69) is 27.6 Å². The molecule has 2 aromatic rings. The third-order valence-corrected chi connectivity index (χ3v) is 4.87. The standard InChI is InChI=1S/C16H18N4O2S/c1-11(14-9-15(14)12-5-3-2-4-6-12)19-20-16-8-7-13(10-18-16)23(17,21)22/h2-8,10,14-15H,9H2,1H3,(H,18,20)(H2,17,21,22). The Kier molecular flexibility index (Phi) is 4.14. The molecule has 0 saturated heterocycles. The van der Waals surface area contributed by atoms with E-state index in [9.17, 15) is 8.42 Å². The van der Waals surface area contributed by atoms with Crippen LogP contribution in [0.1, 0.15) is 24.8 Å². The third-order valence-electron chi connectivity index (χ3n) is 3.97. The lowest BCUT2D eigenvalue weighted by molar-refractivity contribution is 0.597. The molecule has 120 valence electrons. The largest absolute Gasteiger partial charge is 0.261 e. The van der Waals surface area contributed by atoms with Gasteiger partial charge in [0.1, 0.15) is 10.7 Å². The predicted molar refractivity (Wildman–Crippen MR) is 89.6 cm³/mol. The van der Waals surface area contributed by atoms with Crippen LogP contribution in [-0.2, 0) is 10.0 Å². The molecular formula is C16H18N4O2S. The number of hydrogen-bond acceptors (Lipinski definition) is 5. The summed E-state index contributed by atoms with van der Waals surface area (Å²) in [4.78, 5) is 3.98. The minimum absolute atomic E-state index is 0.0184. The van der Waals surface area contributed by atoms with Gasteiger partial charge in [-0.3, -0.25) is 5.43 Å². The highest BCUT2D eigenvalue weighted by Gasteiger charge is 2.40. The number of nitrogens with zero attached hydrogens (tertiary/aromatic N) is 2. The molecular weight excluding hydrogens is 312 g/mol. The van der Waals surface area contributed by atoms with E-state index in [0.717, 1.165) is 12.1 Å². The molecule has 0 radical (unpaired) electrons. The number of rotatable bonds is 5. The maximum Gasteiger partial charge on any atom is 0.239 e. The van der Waals surface area contributed by atoms with Gasteiger partial charge in [0, 0.05) is 17.8 Å². The zero-order chi connectivity index (χ0) is 16.4. The van der Waals surface area contributed by atoms with Gasteiger partial charge in [-0.15, -0.1) is 0 Å². The van der Waals surface area contributed by atoms with Crippen LogP contribution in [0.15, 0.2) is 58.7 Å². The summed E-state index contributed by atoms with van der Waals surface area (Å²) >= 11 is 0. The van der Waals surface area contributed by atoms with Crippen LogP contribution in [0.3, 0.4) is 0 Å². The Bertz CT molecular complexity index is 817. The molecule has 2 unspecified atom stereocenters. The molecule has 7 heteroatoms. The highest BCUT2D eigenvalue weighted by Crippen LogP contribution is 2.48. The number of hydrogen-bond donors (Lipinski definition) is 2. The van der Waals surface area contributed by atoms with Crippen LogP contribution < -0.4 is 10.6 Å². The lowest BCUT2D eigenvalue weighted by Gasteiger charge is -2.04. The second-order valence-corrected chi connectivity index (χ2v) is 7.21. The van der Waals surface area contributed by atoms with Crippen molar-refractivity contribution in [1.82, 2.24) is 4.98 Å². The molecule has 23 heavy (non-hydrogen) atoms. The fourth-order valence-corrected chi connectivity index (χ4v) is 3.03. The van der Waals surface area contributed by atoms with Gasteiger partial charge >= 0.3 is 0 Å². The number of aromatic nitrogens is 1. The zero-order valence-electron chi connectivity index (χ0n) is 12.7. The van der Waals surface area contributed by atoms with E-state index in [4.69, 9.17) is 5.14 Å². The van der Waals surface area contributed by atoms with Gasteiger partial charge in [-0.25, -0.2) is 18.5 Å². The summed E-state index contributed by atoms with van der Waals surface area (Å²) in [7, 11) is -3.72. The second-order valence-electron chi connectivity index (χ2n) is 5.65.